The van der Waals surface area contributed by atoms with Gasteiger partial charge in [0.25, 0.3) is 0 Å². The summed E-state index contributed by atoms with van der Waals surface area (Å²) >= 11 is 12.1. The fraction of sp³-hybridized carbons (Fsp3) is 0. The lowest BCUT2D eigenvalue weighted by Gasteiger charge is -2.06. The molecule has 0 amide bonds. The number of aromatic nitrogens is 1. The largest absolute Gasteiger partial charge is 0.397 e. The second-order valence-electron chi connectivity index (χ2n) is 3.10. The number of nitrogens with two attached hydrogens (primary N) is 1. The summed E-state index contributed by atoms with van der Waals surface area (Å²) in [6.07, 6.45) is 3.26. The van der Waals surface area contributed by atoms with Crippen LogP contribution in [0.3, 0.4) is 0 Å². The van der Waals surface area contributed by atoms with E-state index in [1.807, 2.05) is 0 Å². The average Bonchev–Trinajstić information content (AvgIpc) is 2.17. The number of pyridine rings is 1. The Labute approximate surface area is 97.7 Å². The fourth-order valence-corrected chi connectivity index (χ4v) is 1.98. The highest BCUT2D eigenvalue weighted by molar-refractivity contribution is 6.39. The predicted octanol–water partition coefficient (Wildman–Crippen LogP) is 3.64. The van der Waals surface area contributed by atoms with Crippen molar-refractivity contribution < 1.29 is 0 Å². The predicted molar refractivity (Wildman–Crippen MR) is 64.1 cm³/mol. The smallest absolute Gasteiger partial charge is 0.0506 e. The Morgan fingerprint density at radius 1 is 1.07 bits per heavy atom. The SMILES string of the molecule is Nc1cncc(-c2c(Cl)cccc2Cl)c1. The van der Waals surface area contributed by atoms with Crippen LogP contribution in [-0.2, 0) is 0 Å². The Kier molecular flexibility index (Phi) is 2.80. The van der Waals surface area contributed by atoms with E-state index in [0.717, 1.165) is 11.1 Å². The molecule has 0 saturated heterocycles. The highest BCUT2D eigenvalue weighted by Gasteiger charge is 2.08. The van der Waals surface area contributed by atoms with Crippen molar-refractivity contribution in [1.82, 2.24) is 4.98 Å². The lowest BCUT2D eigenvalue weighted by Crippen LogP contribution is -1.88. The van der Waals surface area contributed by atoms with Crippen LogP contribution in [0.2, 0.25) is 10.0 Å². The van der Waals surface area contributed by atoms with Crippen molar-refractivity contribution in [2.45, 2.75) is 0 Å². The maximum absolute atomic E-state index is 6.06. The van der Waals surface area contributed by atoms with Crippen LogP contribution in [0, 0.1) is 0 Å². The lowest BCUT2D eigenvalue weighted by molar-refractivity contribution is 1.33. The molecule has 0 aliphatic rings. The van der Waals surface area contributed by atoms with E-state index in [-0.39, 0.29) is 0 Å². The molecule has 0 atom stereocenters. The van der Waals surface area contributed by atoms with E-state index in [4.69, 9.17) is 28.9 Å². The van der Waals surface area contributed by atoms with E-state index in [9.17, 15) is 0 Å². The number of nitrogens with zero attached hydrogens (tertiary/aromatic N) is 1. The molecule has 0 spiro atoms. The van der Waals surface area contributed by atoms with Crippen molar-refractivity contribution in [3.63, 3.8) is 0 Å². The molecule has 0 radical (unpaired) electrons. The third-order valence-corrected chi connectivity index (χ3v) is 2.64. The molecule has 2 N–H and O–H groups in total. The van der Waals surface area contributed by atoms with Gasteiger partial charge in [-0.25, -0.2) is 0 Å². The molecule has 4 heteroatoms. The monoisotopic (exact) mass is 238 g/mol. The van der Waals surface area contributed by atoms with Gasteiger partial charge in [0.2, 0.25) is 0 Å². The quantitative estimate of drug-likeness (QED) is 0.825. The topological polar surface area (TPSA) is 38.9 Å². The zero-order valence-electron chi connectivity index (χ0n) is 7.74. The minimum Gasteiger partial charge on any atom is -0.397 e. The molecular formula is C11H8Cl2N2. The van der Waals surface area contributed by atoms with Crippen LogP contribution in [0.4, 0.5) is 5.69 Å². The first-order valence-corrected chi connectivity index (χ1v) is 5.09. The Morgan fingerprint density at radius 2 is 1.73 bits per heavy atom. The van der Waals surface area contributed by atoms with Crippen LogP contribution in [0.25, 0.3) is 11.1 Å². The molecule has 0 saturated carbocycles. The molecule has 76 valence electrons. The number of halogens is 2. The Balaban J connectivity index is 2.63. The molecule has 0 fully saturated rings. The van der Waals surface area contributed by atoms with Crippen LogP contribution < -0.4 is 5.73 Å². The van der Waals surface area contributed by atoms with Gasteiger partial charge in [-0.1, -0.05) is 29.3 Å². The summed E-state index contributed by atoms with van der Waals surface area (Å²) in [5.74, 6) is 0. The van der Waals surface area contributed by atoms with E-state index < -0.39 is 0 Å². The van der Waals surface area contributed by atoms with Crippen molar-refractivity contribution in [3.8, 4) is 11.1 Å². The number of benzene rings is 1. The van der Waals surface area contributed by atoms with Gasteiger partial charge in [-0.05, 0) is 18.2 Å². The van der Waals surface area contributed by atoms with Crippen molar-refractivity contribution in [3.05, 3.63) is 46.7 Å². The molecule has 2 nitrogen and oxygen atoms in total. The van der Waals surface area contributed by atoms with Crippen molar-refractivity contribution in [1.29, 1.82) is 0 Å². The van der Waals surface area contributed by atoms with Crippen LogP contribution in [0.1, 0.15) is 0 Å². The number of rotatable bonds is 1. The third-order valence-electron chi connectivity index (χ3n) is 2.01. The second kappa shape index (κ2) is 4.09. The number of nitrogen functional groups attached to an aromatic ring is 1. The summed E-state index contributed by atoms with van der Waals surface area (Å²) in [6.45, 7) is 0. The van der Waals surface area contributed by atoms with Gasteiger partial charge in [-0.15, -0.1) is 0 Å². The van der Waals surface area contributed by atoms with Gasteiger partial charge in [0.05, 0.1) is 5.69 Å². The fourth-order valence-electron chi connectivity index (χ4n) is 1.37. The van der Waals surface area contributed by atoms with Crippen LogP contribution >= 0.6 is 23.2 Å². The molecule has 1 aromatic heterocycles. The molecule has 1 aromatic carbocycles. The van der Waals surface area contributed by atoms with E-state index in [2.05, 4.69) is 4.98 Å². The van der Waals surface area contributed by atoms with Gasteiger partial charge in [-0.3, -0.25) is 4.98 Å². The van der Waals surface area contributed by atoms with Crippen LogP contribution in [-0.4, -0.2) is 4.98 Å². The minimum absolute atomic E-state index is 0.587. The Morgan fingerprint density at radius 3 is 2.33 bits per heavy atom. The molecule has 15 heavy (non-hydrogen) atoms. The molecule has 0 aliphatic carbocycles. The maximum atomic E-state index is 6.06. The number of anilines is 1. The van der Waals surface area contributed by atoms with Crippen molar-refractivity contribution in [2.24, 2.45) is 0 Å². The first-order valence-electron chi connectivity index (χ1n) is 4.33. The van der Waals surface area contributed by atoms with Crippen molar-refractivity contribution >= 4 is 28.9 Å². The van der Waals surface area contributed by atoms with Gasteiger partial charge in [0, 0.05) is 33.6 Å². The zero-order valence-corrected chi connectivity index (χ0v) is 9.26. The lowest BCUT2D eigenvalue weighted by atomic mass is 10.1. The standard InChI is InChI=1S/C11H8Cl2N2/c12-9-2-1-3-10(13)11(9)7-4-8(14)6-15-5-7/h1-6H,14H2. The van der Waals surface area contributed by atoms with Gasteiger partial charge in [-0.2, -0.15) is 0 Å². The second-order valence-corrected chi connectivity index (χ2v) is 3.92. The molecular weight excluding hydrogens is 231 g/mol. The van der Waals surface area contributed by atoms with Crippen LogP contribution in [0.15, 0.2) is 36.7 Å². The first-order chi connectivity index (χ1) is 7.18. The Bertz CT molecular complexity index is 477. The van der Waals surface area contributed by atoms with E-state index >= 15 is 0 Å². The summed E-state index contributed by atoms with van der Waals surface area (Å²) in [4.78, 5) is 4.00. The van der Waals surface area contributed by atoms with E-state index in [1.165, 1.54) is 0 Å². The van der Waals surface area contributed by atoms with Crippen LogP contribution in [0.5, 0.6) is 0 Å². The third kappa shape index (κ3) is 2.06. The van der Waals surface area contributed by atoms with Gasteiger partial charge in [0.15, 0.2) is 0 Å². The zero-order chi connectivity index (χ0) is 10.8. The van der Waals surface area contributed by atoms with Crippen molar-refractivity contribution in [2.75, 3.05) is 5.73 Å². The average molecular weight is 239 g/mol. The van der Waals surface area contributed by atoms with E-state index in [0.29, 0.717) is 15.7 Å². The number of hydrogen-bond acceptors (Lipinski definition) is 2. The molecule has 0 bridgehead atoms. The summed E-state index contributed by atoms with van der Waals surface area (Å²) in [5, 5.41) is 1.19. The summed E-state index contributed by atoms with van der Waals surface area (Å²) in [7, 11) is 0. The molecule has 2 aromatic rings. The maximum Gasteiger partial charge on any atom is 0.0506 e. The first kappa shape index (κ1) is 10.3. The van der Waals surface area contributed by atoms with E-state index in [1.54, 1.807) is 36.7 Å². The van der Waals surface area contributed by atoms with Gasteiger partial charge in [0.1, 0.15) is 0 Å². The molecule has 1 heterocycles. The normalized spacial score (nSPS) is 10.3. The van der Waals surface area contributed by atoms with Gasteiger partial charge < -0.3 is 5.73 Å². The number of hydrogen-bond donors (Lipinski definition) is 1. The molecule has 0 aliphatic heterocycles. The summed E-state index contributed by atoms with van der Waals surface area (Å²) < 4.78 is 0. The molecule has 2 rings (SSSR count). The highest BCUT2D eigenvalue weighted by atomic mass is 35.5. The molecule has 0 unspecified atom stereocenters. The Hall–Kier alpha value is -1.25. The highest BCUT2D eigenvalue weighted by Crippen LogP contribution is 2.34. The van der Waals surface area contributed by atoms with Gasteiger partial charge >= 0.3 is 0 Å². The summed E-state index contributed by atoms with van der Waals surface area (Å²) in [6, 6.07) is 7.16. The minimum atomic E-state index is 0.587. The summed E-state index contributed by atoms with van der Waals surface area (Å²) in [5.41, 5.74) is 7.82.